The maximum Gasteiger partial charge on any atom is 0.0650 e. The van der Waals surface area contributed by atoms with Crippen LogP contribution in [0.3, 0.4) is 0 Å². The SMILES string of the molecule is CCC(CC)CC1(O)CCCC(C(C)C)CC1. The van der Waals surface area contributed by atoms with Crippen LogP contribution in [0.5, 0.6) is 0 Å². The van der Waals surface area contributed by atoms with Gasteiger partial charge in [-0.15, -0.1) is 0 Å². The number of hydrogen-bond acceptors (Lipinski definition) is 1. The van der Waals surface area contributed by atoms with Crippen LogP contribution in [-0.2, 0) is 0 Å². The Balaban J connectivity index is 2.53. The van der Waals surface area contributed by atoms with E-state index in [-0.39, 0.29) is 5.60 Å². The second kappa shape index (κ2) is 6.78. The molecule has 0 aromatic carbocycles. The van der Waals surface area contributed by atoms with Gasteiger partial charge in [-0.3, -0.25) is 0 Å². The molecule has 0 spiro atoms. The molecule has 0 aromatic rings. The van der Waals surface area contributed by atoms with E-state index >= 15 is 0 Å². The molecule has 0 aromatic heterocycles. The number of rotatable bonds is 5. The minimum absolute atomic E-state index is 0.347. The van der Waals surface area contributed by atoms with Crippen molar-refractivity contribution in [3.05, 3.63) is 0 Å². The Morgan fingerprint density at radius 3 is 2.29 bits per heavy atom. The third-order valence-electron chi connectivity index (χ3n) is 4.96. The van der Waals surface area contributed by atoms with Crippen molar-refractivity contribution in [1.29, 1.82) is 0 Å². The van der Waals surface area contributed by atoms with Crippen LogP contribution < -0.4 is 0 Å². The summed E-state index contributed by atoms with van der Waals surface area (Å²) in [5, 5.41) is 10.8. The van der Waals surface area contributed by atoms with Gasteiger partial charge in [0.05, 0.1) is 5.60 Å². The van der Waals surface area contributed by atoms with E-state index in [0.29, 0.717) is 0 Å². The van der Waals surface area contributed by atoms with Crippen molar-refractivity contribution in [2.45, 2.75) is 84.7 Å². The summed E-state index contributed by atoms with van der Waals surface area (Å²) in [4.78, 5) is 0. The summed E-state index contributed by atoms with van der Waals surface area (Å²) in [7, 11) is 0. The molecule has 1 aliphatic carbocycles. The zero-order valence-electron chi connectivity index (χ0n) is 12.3. The van der Waals surface area contributed by atoms with Crippen LogP contribution in [0.1, 0.15) is 79.1 Å². The van der Waals surface area contributed by atoms with E-state index in [1.54, 1.807) is 0 Å². The lowest BCUT2D eigenvalue weighted by Crippen LogP contribution is -2.30. The Kier molecular flexibility index (Phi) is 5.99. The summed E-state index contributed by atoms with van der Waals surface area (Å²) in [6.07, 6.45) is 9.30. The van der Waals surface area contributed by atoms with Gasteiger partial charge in [0, 0.05) is 0 Å². The predicted octanol–water partition coefficient (Wildman–Crippen LogP) is 4.78. The first-order valence-electron chi connectivity index (χ1n) is 7.73. The second-order valence-corrected chi connectivity index (χ2v) is 6.55. The highest BCUT2D eigenvalue weighted by Crippen LogP contribution is 2.38. The summed E-state index contributed by atoms with van der Waals surface area (Å²) in [5.41, 5.74) is -0.347. The van der Waals surface area contributed by atoms with Gasteiger partial charge in [-0.25, -0.2) is 0 Å². The standard InChI is InChI=1S/C16H32O/c1-5-14(6-2)12-16(17)10-7-8-15(9-11-16)13(3)4/h13-15,17H,5-12H2,1-4H3. The van der Waals surface area contributed by atoms with E-state index in [2.05, 4.69) is 27.7 Å². The molecule has 1 N–H and O–H groups in total. The monoisotopic (exact) mass is 240 g/mol. The Morgan fingerprint density at radius 1 is 1.12 bits per heavy atom. The van der Waals surface area contributed by atoms with Crippen molar-refractivity contribution in [2.75, 3.05) is 0 Å². The van der Waals surface area contributed by atoms with Gasteiger partial charge in [-0.1, -0.05) is 53.4 Å². The topological polar surface area (TPSA) is 20.2 Å². The molecule has 1 rings (SSSR count). The zero-order chi connectivity index (χ0) is 12.9. The first-order chi connectivity index (χ1) is 8.00. The summed E-state index contributed by atoms with van der Waals surface area (Å²) < 4.78 is 0. The fourth-order valence-corrected chi connectivity index (χ4v) is 3.40. The van der Waals surface area contributed by atoms with Crippen LogP contribution in [0.2, 0.25) is 0 Å². The fourth-order valence-electron chi connectivity index (χ4n) is 3.40. The van der Waals surface area contributed by atoms with E-state index in [1.165, 1.54) is 32.1 Å². The van der Waals surface area contributed by atoms with Gasteiger partial charge < -0.3 is 5.11 Å². The first kappa shape index (κ1) is 15.0. The molecular weight excluding hydrogens is 208 g/mol. The van der Waals surface area contributed by atoms with Gasteiger partial charge in [0.2, 0.25) is 0 Å². The average molecular weight is 240 g/mol. The van der Waals surface area contributed by atoms with E-state index in [4.69, 9.17) is 0 Å². The van der Waals surface area contributed by atoms with E-state index < -0.39 is 0 Å². The highest BCUT2D eigenvalue weighted by molar-refractivity contribution is 4.85. The lowest BCUT2D eigenvalue weighted by Gasteiger charge is -2.30. The van der Waals surface area contributed by atoms with Gasteiger partial charge in [-0.2, -0.15) is 0 Å². The molecule has 2 unspecified atom stereocenters. The van der Waals surface area contributed by atoms with Crippen LogP contribution in [0.4, 0.5) is 0 Å². The normalized spacial score (nSPS) is 30.9. The summed E-state index contributed by atoms with van der Waals surface area (Å²) in [6.45, 7) is 9.17. The van der Waals surface area contributed by atoms with E-state index in [1.807, 2.05) is 0 Å². The van der Waals surface area contributed by atoms with Gasteiger partial charge >= 0.3 is 0 Å². The minimum Gasteiger partial charge on any atom is -0.390 e. The Labute approximate surface area is 108 Å². The maximum atomic E-state index is 10.8. The Hall–Kier alpha value is -0.0400. The largest absolute Gasteiger partial charge is 0.390 e. The third kappa shape index (κ3) is 4.62. The zero-order valence-corrected chi connectivity index (χ0v) is 12.3. The molecule has 1 nitrogen and oxygen atoms in total. The van der Waals surface area contributed by atoms with Crippen molar-refractivity contribution in [3.8, 4) is 0 Å². The first-order valence-corrected chi connectivity index (χ1v) is 7.73. The van der Waals surface area contributed by atoms with Crippen LogP contribution in [-0.4, -0.2) is 10.7 Å². The summed E-state index contributed by atoms with van der Waals surface area (Å²) in [6, 6.07) is 0. The van der Waals surface area contributed by atoms with Gasteiger partial charge in [0.25, 0.3) is 0 Å². The second-order valence-electron chi connectivity index (χ2n) is 6.55. The summed E-state index contributed by atoms with van der Waals surface area (Å²) >= 11 is 0. The lowest BCUT2D eigenvalue weighted by molar-refractivity contribution is -0.00128. The highest BCUT2D eigenvalue weighted by Gasteiger charge is 2.33. The van der Waals surface area contributed by atoms with Crippen molar-refractivity contribution >= 4 is 0 Å². The molecule has 0 heterocycles. The highest BCUT2D eigenvalue weighted by atomic mass is 16.3. The molecular formula is C16H32O. The number of hydrogen-bond donors (Lipinski definition) is 1. The molecule has 0 amide bonds. The van der Waals surface area contributed by atoms with Crippen LogP contribution in [0.15, 0.2) is 0 Å². The Bertz CT molecular complexity index is 208. The fraction of sp³-hybridized carbons (Fsp3) is 1.00. The van der Waals surface area contributed by atoms with Crippen LogP contribution in [0, 0.1) is 17.8 Å². The van der Waals surface area contributed by atoms with Gasteiger partial charge in [0.15, 0.2) is 0 Å². The summed E-state index contributed by atoms with van der Waals surface area (Å²) in [5.74, 6) is 2.34. The molecule has 2 atom stereocenters. The quantitative estimate of drug-likeness (QED) is 0.686. The smallest absolute Gasteiger partial charge is 0.0650 e. The van der Waals surface area contributed by atoms with Crippen molar-refractivity contribution < 1.29 is 5.11 Å². The molecule has 0 bridgehead atoms. The molecule has 0 saturated heterocycles. The molecule has 1 heteroatoms. The van der Waals surface area contributed by atoms with Crippen molar-refractivity contribution in [2.24, 2.45) is 17.8 Å². The molecule has 1 saturated carbocycles. The van der Waals surface area contributed by atoms with E-state index in [0.717, 1.165) is 37.0 Å². The molecule has 1 fully saturated rings. The van der Waals surface area contributed by atoms with Crippen molar-refractivity contribution in [1.82, 2.24) is 0 Å². The van der Waals surface area contributed by atoms with Gasteiger partial charge in [-0.05, 0) is 43.4 Å². The van der Waals surface area contributed by atoms with Gasteiger partial charge in [0.1, 0.15) is 0 Å². The molecule has 102 valence electrons. The van der Waals surface area contributed by atoms with Crippen LogP contribution in [0.25, 0.3) is 0 Å². The number of aliphatic hydroxyl groups is 1. The third-order valence-corrected chi connectivity index (χ3v) is 4.96. The molecule has 17 heavy (non-hydrogen) atoms. The predicted molar refractivity (Wildman–Crippen MR) is 75.1 cm³/mol. The average Bonchev–Trinajstić information content (AvgIpc) is 2.48. The lowest BCUT2D eigenvalue weighted by atomic mass is 9.81. The molecule has 0 radical (unpaired) electrons. The van der Waals surface area contributed by atoms with Crippen molar-refractivity contribution in [3.63, 3.8) is 0 Å². The van der Waals surface area contributed by atoms with E-state index in [9.17, 15) is 5.11 Å². The molecule has 1 aliphatic rings. The maximum absolute atomic E-state index is 10.8. The minimum atomic E-state index is -0.347. The Morgan fingerprint density at radius 2 is 1.76 bits per heavy atom. The molecule has 0 aliphatic heterocycles. The van der Waals surface area contributed by atoms with Crippen LogP contribution >= 0.6 is 0 Å².